The molecule has 136 valence electrons. The molecule has 0 saturated carbocycles. The molecule has 26 heavy (non-hydrogen) atoms. The summed E-state index contributed by atoms with van der Waals surface area (Å²) in [5, 5.41) is 2.74. The standard InChI is InChI=1S/C19H20N2O4S/c1-12-7-3-5-9-15(12)21-18(23)13(2)25-19(24)14-8-4-6-10-16(14)26-11-17(20)22/h3-10,13H,11H2,1-2H3,(H2,20,22)(H,21,23). The first-order valence-corrected chi connectivity index (χ1v) is 8.94. The Balaban J connectivity index is 2.04. The predicted molar refractivity (Wildman–Crippen MR) is 101 cm³/mol. The summed E-state index contributed by atoms with van der Waals surface area (Å²) in [6.45, 7) is 3.38. The van der Waals surface area contributed by atoms with Crippen LogP contribution in [0.1, 0.15) is 22.8 Å². The Bertz CT molecular complexity index is 823. The number of amides is 2. The van der Waals surface area contributed by atoms with Crippen molar-refractivity contribution in [2.45, 2.75) is 24.8 Å². The highest BCUT2D eigenvalue weighted by Crippen LogP contribution is 2.23. The zero-order valence-electron chi connectivity index (χ0n) is 14.5. The lowest BCUT2D eigenvalue weighted by atomic mass is 10.2. The van der Waals surface area contributed by atoms with Gasteiger partial charge in [0.05, 0.1) is 11.3 Å². The Hall–Kier alpha value is -2.80. The number of rotatable bonds is 7. The number of nitrogens with two attached hydrogens (primary N) is 1. The molecule has 2 rings (SSSR count). The normalized spacial score (nSPS) is 11.5. The van der Waals surface area contributed by atoms with Gasteiger partial charge in [0.15, 0.2) is 6.10 Å². The second-order valence-electron chi connectivity index (χ2n) is 5.60. The van der Waals surface area contributed by atoms with Crippen molar-refractivity contribution in [1.29, 1.82) is 0 Å². The maximum Gasteiger partial charge on any atom is 0.340 e. The topological polar surface area (TPSA) is 98.5 Å². The second kappa shape index (κ2) is 9.05. The van der Waals surface area contributed by atoms with Gasteiger partial charge in [-0.15, -0.1) is 11.8 Å². The van der Waals surface area contributed by atoms with Crippen LogP contribution in [0.15, 0.2) is 53.4 Å². The summed E-state index contributed by atoms with van der Waals surface area (Å²) in [4.78, 5) is 36.2. The minimum atomic E-state index is -0.976. The maximum absolute atomic E-state index is 12.4. The van der Waals surface area contributed by atoms with Crippen LogP contribution in [0.3, 0.4) is 0 Å². The van der Waals surface area contributed by atoms with Gasteiger partial charge < -0.3 is 15.8 Å². The largest absolute Gasteiger partial charge is 0.449 e. The molecule has 7 heteroatoms. The lowest BCUT2D eigenvalue weighted by Gasteiger charge is -2.15. The summed E-state index contributed by atoms with van der Waals surface area (Å²) < 4.78 is 5.28. The monoisotopic (exact) mass is 372 g/mol. The minimum Gasteiger partial charge on any atom is -0.449 e. The van der Waals surface area contributed by atoms with Gasteiger partial charge in [-0.2, -0.15) is 0 Å². The fraction of sp³-hybridized carbons (Fsp3) is 0.211. The van der Waals surface area contributed by atoms with Gasteiger partial charge in [0.1, 0.15) is 0 Å². The van der Waals surface area contributed by atoms with Crippen LogP contribution in [0.25, 0.3) is 0 Å². The fourth-order valence-corrected chi connectivity index (χ4v) is 2.91. The van der Waals surface area contributed by atoms with E-state index in [1.807, 2.05) is 25.1 Å². The number of anilines is 1. The number of hydrogen-bond acceptors (Lipinski definition) is 5. The first kappa shape index (κ1) is 19.5. The summed E-state index contributed by atoms with van der Waals surface area (Å²) in [5.74, 6) is -1.49. The van der Waals surface area contributed by atoms with Crippen molar-refractivity contribution in [3.8, 4) is 0 Å². The first-order valence-electron chi connectivity index (χ1n) is 7.96. The highest BCUT2D eigenvalue weighted by molar-refractivity contribution is 8.00. The van der Waals surface area contributed by atoms with Crippen LogP contribution < -0.4 is 11.1 Å². The van der Waals surface area contributed by atoms with E-state index in [0.29, 0.717) is 10.6 Å². The van der Waals surface area contributed by atoms with E-state index in [4.69, 9.17) is 10.5 Å². The van der Waals surface area contributed by atoms with Crippen LogP contribution >= 0.6 is 11.8 Å². The summed E-state index contributed by atoms with van der Waals surface area (Å²) >= 11 is 1.15. The number of para-hydroxylation sites is 1. The van der Waals surface area contributed by atoms with Gasteiger partial charge in [-0.25, -0.2) is 4.79 Å². The van der Waals surface area contributed by atoms with Crippen LogP contribution in [-0.4, -0.2) is 29.6 Å². The Labute approximate surface area is 156 Å². The lowest BCUT2D eigenvalue weighted by Crippen LogP contribution is -2.30. The number of aryl methyl sites for hydroxylation is 1. The summed E-state index contributed by atoms with van der Waals surface area (Å²) in [6, 6.07) is 14.0. The Morgan fingerprint density at radius 2 is 1.77 bits per heavy atom. The van der Waals surface area contributed by atoms with Gasteiger partial charge in [0.2, 0.25) is 5.91 Å². The number of carbonyl (C=O) groups is 3. The van der Waals surface area contributed by atoms with E-state index in [2.05, 4.69) is 5.32 Å². The fourth-order valence-electron chi connectivity index (χ4n) is 2.14. The van der Waals surface area contributed by atoms with Crippen molar-refractivity contribution < 1.29 is 19.1 Å². The molecule has 3 N–H and O–H groups in total. The van der Waals surface area contributed by atoms with Crippen LogP contribution in [-0.2, 0) is 14.3 Å². The van der Waals surface area contributed by atoms with Crippen molar-refractivity contribution in [2.24, 2.45) is 5.73 Å². The van der Waals surface area contributed by atoms with Crippen LogP contribution in [0.5, 0.6) is 0 Å². The molecular weight excluding hydrogens is 352 g/mol. The molecule has 0 bridgehead atoms. The number of nitrogens with one attached hydrogen (secondary N) is 1. The van der Waals surface area contributed by atoms with E-state index in [1.54, 1.807) is 30.3 Å². The molecule has 0 fully saturated rings. The van der Waals surface area contributed by atoms with Gasteiger partial charge >= 0.3 is 5.97 Å². The first-order chi connectivity index (χ1) is 12.4. The van der Waals surface area contributed by atoms with Gasteiger partial charge in [-0.1, -0.05) is 30.3 Å². The Kier molecular flexibility index (Phi) is 6.80. The van der Waals surface area contributed by atoms with Crippen molar-refractivity contribution >= 4 is 35.2 Å². The van der Waals surface area contributed by atoms with Crippen molar-refractivity contribution in [1.82, 2.24) is 0 Å². The van der Waals surface area contributed by atoms with E-state index in [1.165, 1.54) is 6.92 Å². The minimum absolute atomic E-state index is 0.0492. The maximum atomic E-state index is 12.4. The lowest BCUT2D eigenvalue weighted by molar-refractivity contribution is -0.123. The molecule has 0 radical (unpaired) electrons. The SMILES string of the molecule is Cc1ccccc1NC(=O)C(C)OC(=O)c1ccccc1SCC(N)=O. The van der Waals surface area contributed by atoms with Crippen LogP contribution in [0, 0.1) is 6.92 Å². The van der Waals surface area contributed by atoms with Gasteiger partial charge in [-0.05, 0) is 37.6 Å². The van der Waals surface area contributed by atoms with E-state index in [9.17, 15) is 14.4 Å². The van der Waals surface area contributed by atoms with Crippen molar-refractivity contribution in [3.05, 3.63) is 59.7 Å². The predicted octanol–water partition coefficient (Wildman–Crippen LogP) is 2.76. The molecule has 2 amide bonds. The molecule has 0 aliphatic heterocycles. The molecule has 2 aromatic carbocycles. The average molecular weight is 372 g/mol. The van der Waals surface area contributed by atoms with Crippen LogP contribution in [0.4, 0.5) is 5.69 Å². The number of hydrogen-bond donors (Lipinski definition) is 2. The Morgan fingerprint density at radius 3 is 2.46 bits per heavy atom. The third-order valence-corrected chi connectivity index (χ3v) is 4.63. The molecular formula is C19H20N2O4S. The molecule has 0 spiro atoms. The number of primary amides is 1. The van der Waals surface area contributed by atoms with E-state index < -0.39 is 23.9 Å². The number of benzene rings is 2. The third kappa shape index (κ3) is 5.35. The highest BCUT2D eigenvalue weighted by Gasteiger charge is 2.21. The van der Waals surface area contributed by atoms with Gasteiger partial charge in [0, 0.05) is 10.6 Å². The van der Waals surface area contributed by atoms with Crippen molar-refractivity contribution in [2.75, 3.05) is 11.1 Å². The molecule has 0 heterocycles. The smallest absolute Gasteiger partial charge is 0.340 e. The molecule has 1 unspecified atom stereocenters. The summed E-state index contributed by atoms with van der Waals surface area (Å²) in [6.07, 6.45) is -0.976. The van der Waals surface area contributed by atoms with Crippen LogP contribution in [0.2, 0.25) is 0 Å². The molecule has 0 aliphatic carbocycles. The van der Waals surface area contributed by atoms with Crippen molar-refractivity contribution in [3.63, 3.8) is 0 Å². The quantitative estimate of drug-likeness (QED) is 0.575. The second-order valence-corrected chi connectivity index (χ2v) is 6.62. The average Bonchev–Trinajstić information content (AvgIpc) is 2.62. The zero-order chi connectivity index (χ0) is 19.1. The molecule has 0 aliphatic rings. The summed E-state index contributed by atoms with van der Waals surface area (Å²) in [5.41, 5.74) is 7.00. The molecule has 6 nitrogen and oxygen atoms in total. The molecule has 0 saturated heterocycles. The molecule has 0 aromatic heterocycles. The number of ether oxygens (including phenoxy) is 1. The number of thioether (sulfide) groups is 1. The molecule has 2 aromatic rings. The van der Waals surface area contributed by atoms with Gasteiger partial charge in [0.25, 0.3) is 5.91 Å². The van der Waals surface area contributed by atoms with E-state index >= 15 is 0 Å². The third-order valence-electron chi connectivity index (χ3n) is 3.53. The zero-order valence-corrected chi connectivity index (χ0v) is 15.3. The van der Waals surface area contributed by atoms with E-state index in [-0.39, 0.29) is 11.3 Å². The van der Waals surface area contributed by atoms with E-state index in [0.717, 1.165) is 17.3 Å². The summed E-state index contributed by atoms with van der Waals surface area (Å²) in [7, 11) is 0. The number of carbonyl (C=O) groups excluding carboxylic acids is 3. The Morgan fingerprint density at radius 1 is 1.12 bits per heavy atom. The number of esters is 1. The molecule has 1 atom stereocenters. The van der Waals surface area contributed by atoms with Gasteiger partial charge in [-0.3, -0.25) is 9.59 Å². The highest BCUT2D eigenvalue weighted by atomic mass is 32.2.